The number of benzene rings is 2. The minimum atomic E-state index is -3.59. The second-order valence-corrected chi connectivity index (χ2v) is 12.4. The monoisotopic (exact) mass is 577 g/mol. The second-order valence-electron chi connectivity index (χ2n) is 10.1. The SMILES string of the molecule is CC[C@H](C(=O)NC1CCCCC1)N(Cc1ccc(OC)cc1)C(=O)CCCN(c1cccc(Cl)c1)S(C)(=O)=O. The van der Waals surface area contributed by atoms with E-state index in [-0.39, 0.29) is 43.8 Å². The van der Waals surface area contributed by atoms with Crippen molar-refractivity contribution < 1.29 is 22.7 Å². The summed E-state index contributed by atoms with van der Waals surface area (Å²) in [6.07, 6.45) is 7.28. The number of carbonyl (C=O) groups excluding carboxylic acids is 2. The van der Waals surface area contributed by atoms with Crippen molar-refractivity contribution in [1.29, 1.82) is 0 Å². The van der Waals surface area contributed by atoms with Gasteiger partial charge in [-0.25, -0.2) is 8.42 Å². The Balaban J connectivity index is 1.76. The average molecular weight is 578 g/mol. The lowest BCUT2D eigenvalue weighted by molar-refractivity contribution is -0.141. The van der Waals surface area contributed by atoms with Crippen LogP contribution in [0, 0.1) is 0 Å². The highest BCUT2D eigenvalue weighted by atomic mass is 35.5. The Morgan fingerprint density at radius 3 is 2.38 bits per heavy atom. The highest BCUT2D eigenvalue weighted by molar-refractivity contribution is 7.92. The topological polar surface area (TPSA) is 96.0 Å². The summed E-state index contributed by atoms with van der Waals surface area (Å²) in [7, 11) is -1.99. The van der Waals surface area contributed by atoms with Gasteiger partial charge in [-0.3, -0.25) is 13.9 Å². The summed E-state index contributed by atoms with van der Waals surface area (Å²) in [5.41, 5.74) is 1.33. The average Bonchev–Trinajstić information content (AvgIpc) is 2.91. The molecule has 2 aromatic rings. The van der Waals surface area contributed by atoms with Gasteiger partial charge in [-0.2, -0.15) is 0 Å². The maximum Gasteiger partial charge on any atom is 0.243 e. The number of carbonyl (C=O) groups is 2. The Bertz CT molecular complexity index is 1200. The Morgan fingerprint density at radius 1 is 1.10 bits per heavy atom. The van der Waals surface area contributed by atoms with E-state index < -0.39 is 16.1 Å². The van der Waals surface area contributed by atoms with Crippen LogP contribution in [0.4, 0.5) is 5.69 Å². The van der Waals surface area contributed by atoms with Crippen molar-refractivity contribution in [2.75, 3.05) is 24.2 Å². The molecule has 1 N–H and O–H groups in total. The van der Waals surface area contributed by atoms with Crippen LogP contribution in [0.15, 0.2) is 48.5 Å². The molecule has 1 atom stereocenters. The van der Waals surface area contributed by atoms with Crippen LogP contribution < -0.4 is 14.4 Å². The van der Waals surface area contributed by atoms with Gasteiger partial charge in [0.2, 0.25) is 21.8 Å². The minimum Gasteiger partial charge on any atom is -0.497 e. The van der Waals surface area contributed by atoms with Crippen LogP contribution in [0.25, 0.3) is 0 Å². The molecule has 2 amide bonds. The first kappa shape index (κ1) is 30.8. The van der Waals surface area contributed by atoms with Crippen LogP contribution in [0.1, 0.15) is 63.9 Å². The largest absolute Gasteiger partial charge is 0.497 e. The van der Waals surface area contributed by atoms with Gasteiger partial charge in [0.25, 0.3) is 0 Å². The Hall–Kier alpha value is -2.78. The number of amides is 2. The first-order valence-corrected chi connectivity index (χ1v) is 15.8. The summed E-state index contributed by atoms with van der Waals surface area (Å²) in [6.45, 7) is 2.29. The Labute approximate surface area is 237 Å². The molecule has 1 fully saturated rings. The van der Waals surface area contributed by atoms with Crippen molar-refractivity contribution in [1.82, 2.24) is 10.2 Å². The fourth-order valence-corrected chi connectivity index (χ4v) is 6.17. The van der Waals surface area contributed by atoms with E-state index >= 15 is 0 Å². The molecule has 1 aliphatic carbocycles. The fraction of sp³-hybridized carbons (Fsp3) is 0.517. The van der Waals surface area contributed by atoms with E-state index in [0.717, 1.165) is 37.5 Å². The molecule has 0 radical (unpaired) electrons. The molecular formula is C29H40ClN3O5S. The van der Waals surface area contributed by atoms with Gasteiger partial charge in [0, 0.05) is 30.6 Å². The molecule has 3 rings (SSSR count). The minimum absolute atomic E-state index is 0.0932. The first-order valence-electron chi connectivity index (χ1n) is 13.6. The molecule has 8 nitrogen and oxygen atoms in total. The van der Waals surface area contributed by atoms with Crippen molar-refractivity contribution >= 4 is 39.1 Å². The summed E-state index contributed by atoms with van der Waals surface area (Å²) >= 11 is 6.08. The summed E-state index contributed by atoms with van der Waals surface area (Å²) in [4.78, 5) is 28.6. The molecule has 1 saturated carbocycles. The van der Waals surface area contributed by atoms with Crippen molar-refractivity contribution in [2.45, 2.75) is 76.9 Å². The molecule has 0 unspecified atom stereocenters. The summed E-state index contributed by atoms with van der Waals surface area (Å²) in [5.74, 6) is 0.375. The predicted molar refractivity (Wildman–Crippen MR) is 156 cm³/mol. The lowest BCUT2D eigenvalue weighted by Gasteiger charge is -2.33. The number of sulfonamides is 1. The van der Waals surface area contributed by atoms with Crippen LogP contribution in [0.2, 0.25) is 5.02 Å². The lowest BCUT2D eigenvalue weighted by Crippen LogP contribution is -2.51. The molecule has 0 spiro atoms. The maximum absolute atomic E-state index is 13.6. The molecule has 39 heavy (non-hydrogen) atoms. The van der Waals surface area contributed by atoms with Gasteiger partial charge < -0.3 is 15.0 Å². The molecular weight excluding hydrogens is 538 g/mol. The fourth-order valence-electron chi connectivity index (χ4n) is 5.03. The predicted octanol–water partition coefficient (Wildman–Crippen LogP) is 5.15. The van der Waals surface area contributed by atoms with Gasteiger partial charge in [0.05, 0.1) is 19.1 Å². The molecule has 1 aliphatic rings. The van der Waals surface area contributed by atoms with E-state index in [2.05, 4.69) is 5.32 Å². The number of nitrogens with one attached hydrogen (secondary N) is 1. The Morgan fingerprint density at radius 2 is 1.79 bits per heavy atom. The van der Waals surface area contributed by atoms with Gasteiger partial charge in [0.1, 0.15) is 11.8 Å². The van der Waals surface area contributed by atoms with Gasteiger partial charge in [0.15, 0.2) is 0 Å². The zero-order valence-electron chi connectivity index (χ0n) is 23.1. The second kappa shape index (κ2) is 14.6. The van der Waals surface area contributed by atoms with Gasteiger partial charge in [-0.1, -0.05) is 56.0 Å². The highest BCUT2D eigenvalue weighted by Crippen LogP contribution is 2.24. The van der Waals surface area contributed by atoms with E-state index in [4.69, 9.17) is 16.3 Å². The number of hydrogen-bond acceptors (Lipinski definition) is 5. The van der Waals surface area contributed by atoms with E-state index in [1.165, 1.54) is 10.7 Å². The molecule has 0 saturated heterocycles. The summed E-state index contributed by atoms with van der Waals surface area (Å²) < 4.78 is 31.5. The molecule has 2 aromatic carbocycles. The Kier molecular flexibility index (Phi) is 11.5. The number of halogens is 1. The van der Waals surface area contributed by atoms with Gasteiger partial charge >= 0.3 is 0 Å². The number of rotatable bonds is 13. The smallest absolute Gasteiger partial charge is 0.243 e. The normalized spacial score (nSPS) is 14.9. The summed E-state index contributed by atoms with van der Waals surface area (Å²) in [6, 6.07) is 13.6. The van der Waals surface area contributed by atoms with Gasteiger partial charge in [-0.15, -0.1) is 0 Å². The third-order valence-electron chi connectivity index (χ3n) is 7.10. The van der Waals surface area contributed by atoms with Crippen molar-refractivity contribution in [3.05, 3.63) is 59.1 Å². The van der Waals surface area contributed by atoms with Crippen molar-refractivity contribution in [3.8, 4) is 5.75 Å². The van der Waals surface area contributed by atoms with Crippen molar-refractivity contribution in [2.24, 2.45) is 0 Å². The molecule has 0 aromatic heterocycles. The zero-order valence-corrected chi connectivity index (χ0v) is 24.6. The highest BCUT2D eigenvalue weighted by Gasteiger charge is 2.30. The maximum atomic E-state index is 13.6. The van der Waals surface area contributed by atoms with E-state index in [1.54, 1.807) is 36.3 Å². The van der Waals surface area contributed by atoms with E-state index in [9.17, 15) is 18.0 Å². The molecule has 0 aliphatic heterocycles. The molecule has 214 valence electrons. The third-order valence-corrected chi connectivity index (χ3v) is 8.53. The van der Waals surface area contributed by atoms with Crippen LogP contribution >= 0.6 is 11.6 Å². The van der Waals surface area contributed by atoms with Crippen molar-refractivity contribution in [3.63, 3.8) is 0 Å². The quantitative estimate of drug-likeness (QED) is 0.355. The molecule has 10 heteroatoms. The first-order chi connectivity index (χ1) is 18.6. The standard InChI is InChI=1S/C29H40ClN3O5S/c1-4-27(29(35)31-24-11-6-5-7-12-24)32(21-22-15-17-26(38-2)18-16-22)28(34)14-9-19-33(39(3,36)37)25-13-8-10-23(30)20-25/h8,10,13,15-18,20,24,27H,4-7,9,11-12,14,19,21H2,1-3H3,(H,31,35)/t27-/m1/s1. The van der Waals surface area contributed by atoms with E-state index in [0.29, 0.717) is 22.9 Å². The van der Waals surface area contributed by atoms with Crippen LogP contribution in [0.5, 0.6) is 5.75 Å². The number of methoxy groups -OCH3 is 1. The third kappa shape index (κ3) is 9.14. The van der Waals surface area contributed by atoms with Crippen LogP contribution in [-0.4, -0.2) is 57.1 Å². The lowest BCUT2D eigenvalue weighted by atomic mass is 9.95. The molecule has 0 bridgehead atoms. The van der Waals surface area contributed by atoms with Gasteiger partial charge in [-0.05, 0) is 61.6 Å². The van der Waals surface area contributed by atoms with Crippen LogP contribution in [-0.2, 0) is 26.2 Å². The number of nitrogens with zero attached hydrogens (tertiary/aromatic N) is 2. The molecule has 0 heterocycles. The zero-order chi connectivity index (χ0) is 28.4. The van der Waals surface area contributed by atoms with E-state index in [1.807, 2.05) is 31.2 Å². The number of hydrogen-bond donors (Lipinski definition) is 1. The number of anilines is 1. The summed E-state index contributed by atoms with van der Waals surface area (Å²) in [5, 5.41) is 3.61. The van der Waals surface area contributed by atoms with Crippen LogP contribution in [0.3, 0.4) is 0 Å². The number of ether oxygens (including phenoxy) is 1.